The van der Waals surface area contributed by atoms with Gasteiger partial charge in [-0.2, -0.15) is 11.8 Å². The van der Waals surface area contributed by atoms with Crippen molar-refractivity contribution in [3.05, 3.63) is 59.9 Å². The molecule has 1 N–H and O–H groups in total. The van der Waals surface area contributed by atoms with Crippen molar-refractivity contribution >= 4 is 40.0 Å². The first-order chi connectivity index (χ1) is 15.8. The smallest absolute Gasteiger partial charge is 0.291 e. The van der Waals surface area contributed by atoms with E-state index in [0.29, 0.717) is 24.2 Å². The van der Waals surface area contributed by atoms with Crippen molar-refractivity contribution in [3.8, 4) is 0 Å². The zero-order chi connectivity index (χ0) is 21.8. The molecule has 1 saturated heterocycles. The highest BCUT2D eigenvalue weighted by molar-refractivity contribution is 7.99. The second-order valence-electron chi connectivity index (χ2n) is 8.55. The Labute approximate surface area is 193 Å². The van der Waals surface area contributed by atoms with Gasteiger partial charge in [0.05, 0.1) is 24.6 Å². The molecule has 168 valence electrons. The highest BCUT2D eigenvalue weighted by Gasteiger charge is 2.24. The van der Waals surface area contributed by atoms with Crippen LogP contribution in [0.25, 0.3) is 11.0 Å². The molecule has 1 amide bonds. The van der Waals surface area contributed by atoms with Gasteiger partial charge in [-0.05, 0) is 31.0 Å². The monoisotopic (exact) mass is 450 g/mol. The Kier molecular flexibility index (Phi) is 6.69. The summed E-state index contributed by atoms with van der Waals surface area (Å²) in [4.78, 5) is 15.7. The van der Waals surface area contributed by atoms with Crippen LogP contribution in [-0.4, -0.2) is 37.5 Å². The third-order valence-electron chi connectivity index (χ3n) is 6.42. The lowest BCUT2D eigenvalue weighted by atomic mass is 10.0. The van der Waals surface area contributed by atoms with Crippen molar-refractivity contribution in [2.75, 3.05) is 36.5 Å². The quantitative estimate of drug-likeness (QED) is 0.493. The molecule has 0 bridgehead atoms. The van der Waals surface area contributed by atoms with Gasteiger partial charge in [-0.15, -0.1) is 0 Å². The molecule has 3 aromatic rings. The molecule has 1 saturated carbocycles. The van der Waals surface area contributed by atoms with Gasteiger partial charge in [0.15, 0.2) is 5.76 Å². The van der Waals surface area contributed by atoms with Crippen molar-refractivity contribution in [1.82, 2.24) is 0 Å². The highest BCUT2D eigenvalue weighted by Crippen LogP contribution is 2.36. The van der Waals surface area contributed by atoms with Crippen LogP contribution in [0.3, 0.4) is 0 Å². The number of ether oxygens (including phenoxy) is 1. The molecule has 2 aromatic carbocycles. The number of anilines is 2. The summed E-state index contributed by atoms with van der Waals surface area (Å²) in [5.41, 5.74) is 3.63. The van der Waals surface area contributed by atoms with E-state index in [1.54, 1.807) is 0 Å². The largest absolute Gasteiger partial charge is 0.451 e. The van der Waals surface area contributed by atoms with Gasteiger partial charge in [0.1, 0.15) is 5.58 Å². The molecular weight excluding hydrogens is 420 g/mol. The lowest BCUT2D eigenvalue weighted by molar-refractivity contribution is 0.0998. The second-order valence-corrected chi connectivity index (χ2v) is 9.84. The van der Waals surface area contributed by atoms with Crippen LogP contribution in [0.4, 0.5) is 11.4 Å². The first-order valence-corrected chi connectivity index (χ1v) is 12.7. The summed E-state index contributed by atoms with van der Waals surface area (Å²) >= 11 is 1.97. The predicted molar refractivity (Wildman–Crippen MR) is 132 cm³/mol. The summed E-state index contributed by atoms with van der Waals surface area (Å²) in [6, 6.07) is 16.0. The minimum Gasteiger partial charge on any atom is -0.451 e. The predicted octanol–water partition coefficient (Wildman–Crippen LogP) is 6.09. The second kappa shape index (κ2) is 10.0. The van der Waals surface area contributed by atoms with Gasteiger partial charge in [0.25, 0.3) is 5.91 Å². The van der Waals surface area contributed by atoms with Crippen molar-refractivity contribution in [3.63, 3.8) is 0 Å². The van der Waals surface area contributed by atoms with Gasteiger partial charge in [0.2, 0.25) is 0 Å². The Balaban J connectivity index is 1.40. The number of benzene rings is 2. The van der Waals surface area contributed by atoms with E-state index in [1.165, 1.54) is 32.1 Å². The first kappa shape index (κ1) is 21.4. The maximum Gasteiger partial charge on any atom is 0.291 e. The van der Waals surface area contributed by atoms with Crippen molar-refractivity contribution in [2.24, 2.45) is 0 Å². The SMILES string of the molecule is O=C(Nc1ccccc1N1CCOCC1)c1oc2ccccc2c1CSC1CCCCC1. The Hall–Kier alpha value is -2.44. The molecule has 2 fully saturated rings. The number of furan rings is 1. The van der Waals surface area contributed by atoms with Crippen molar-refractivity contribution < 1.29 is 13.9 Å². The third-order valence-corrected chi connectivity index (χ3v) is 7.82. The van der Waals surface area contributed by atoms with Crippen molar-refractivity contribution in [1.29, 1.82) is 0 Å². The van der Waals surface area contributed by atoms with E-state index in [1.807, 2.05) is 48.2 Å². The number of carbonyl (C=O) groups is 1. The average Bonchev–Trinajstić information content (AvgIpc) is 3.23. The molecule has 1 aliphatic carbocycles. The van der Waals surface area contributed by atoms with Gasteiger partial charge >= 0.3 is 0 Å². The maximum absolute atomic E-state index is 13.4. The van der Waals surface area contributed by atoms with E-state index in [2.05, 4.69) is 22.3 Å². The summed E-state index contributed by atoms with van der Waals surface area (Å²) in [6.07, 6.45) is 6.52. The lowest BCUT2D eigenvalue weighted by Gasteiger charge is -2.30. The normalized spacial score (nSPS) is 17.6. The number of fused-ring (bicyclic) bond motifs is 1. The Bertz CT molecular complexity index is 1070. The molecule has 2 heterocycles. The third kappa shape index (κ3) is 4.66. The molecule has 32 heavy (non-hydrogen) atoms. The Morgan fingerprint density at radius 2 is 1.75 bits per heavy atom. The lowest BCUT2D eigenvalue weighted by Crippen LogP contribution is -2.36. The number of nitrogens with one attached hydrogen (secondary N) is 1. The molecule has 5 nitrogen and oxygen atoms in total. The summed E-state index contributed by atoms with van der Waals surface area (Å²) in [6.45, 7) is 3.05. The Morgan fingerprint density at radius 3 is 2.59 bits per heavy atom. The van der Waals surface area contributed by atoms with E-state index in [-0.39, 0.29) is 5.91 Å². The molecule has 0 spiro atoms. The fraction of sp³-hybridized carbons (Fsp3) is 0.423. The minimum absolute atomic E-state index is 0.179. The summed E-state index contributed by atoms with van der Waals surface area (Å²) < 4.78 is 11.6. The standard InChI is InChI=1S/C26H30N2O3S/c29-26(27-22-11-5-6-12-23(22)28-14-16-30-17-15-28)25-21(18-32-19-8-2-1-3-9-19)20-10-4-7-13-24(20)31-25/h4-7,10-13,19H,1-3,8-9,14-18H2,(H,27,29). The zero-order valence-corrected chi connectivity index (χ0v) is 19.2. The number of carbonyl (C=O) groups excluding carboxylic acids is 1. The van der Waals surface area contributed by atoms with E-state index in [9.17, 15) is 4.79 Å². The molecule has 6 heteroatoms. The molecule has 1 aromatic heterocycles. The van der Waals surface area contributed by atoms with Crippen LogP contribution >= 0.6 is 11.8 Å². The number of hydrogen-bond donors (Lipinski definition) is 1. The van der Waals surface area contributed by atoms with Gasteiger partial charge in [-0.3, -0.25) is 4.79 Å². The highest BCUT2D eigenvalue weighted by atomic mass is 32.2. The number of hydrogen-bond acceptors (Lipinski definition) is 5. The first-order valence-electron chi connectivity index (χ1n) is 11.6. The number of amides is 1. The number of rotatable bonds is 6. The summed E-state index contributed by atoms with van der Waals surface area (Å²) in [7, 11) is 0. The fourth-order valence-electron chi connectivity index (χ4n) is 4.70. The van der Waals surface area contributed by atoms with Crippen LogP contribution in [0.5, 0.6) is 0 Å². The number of thioether (sulfide) groups is 1. The average molecular weight is 451 g/mol. The van der Waals surface area contributed by atoms with E-state index >= 15 is 0 Å². The van der Waals surface area contributed by atoms with Gasteiger partial charge in [0, 0.05) is 35.0 Å². The number of para-hydroxylation sites is 3. The van der Waals surface area contributed by atoms with E-state index < -0.39 is 0 Å². The van der Waals surface area contributed by atoms with E-state index in [0.717, 1.165) is 46.7 Å². The maximum atomic E-state index is 13.4. The molecular formula is C26H30N2O3S. The minimum atomic E-state index is -0.179. The van der Waals surface area contributed by atoms with Crippen LogP contribution in [0.2, 0.25) is 0 Å². The molecule has 0 unspecified atom stereocenters. The molecule has 5 rings (SSSR count). The van der Waals surface area contributed by atoms with Crippen LogP contribution in [0.15, 0.2) is 52.9 Å². The van der Waals surface area contributed by atoms with Gasteiger partial charge in [-0.25, -0.2) is 0 Å². The number of morpholine rings is 1. The van der Waals surface area contributed by atoms with Gasteiger partial charge < -0.3 is 19.4 Å². The molecule has 1 aliphatic heterocycles. The topological polar surface area (TPSA) is 54.7 Å². The van der Waals surface area contributed by atoms with E-state index in [4.69, 9.17) is 9.15 Å². The van der Waals surface area contributed by atoms with Crippen LogP contribution in [0.1, 0.15) is 48.2 Å². The van der Waals surface area contributed by atoms with Crippen LogP contribution in [-0.2, 0) is 10.5 Å². The van der Waals surface area contributed by atoms with Crippen molar-refractivity contribution in [2.45, 2.75) is 43.1 Å². The Morgan fingerprint density at radius 1 is 1.00 bits per heavy atom. The van der Waals surface area contributed by atoms with Gasteiger partial charge in [-0.1, -0.05) is 49.6 Å². The summed E-state index contributed by atoms with van der Waals surface area (Å²) in [5.74, 6) is 1.06. The van der Waals surface area contributed by atoms with Crippen LogP contribution < -0.4 is 10.2 Å². The van der Waals surface area contributed by atoms with Crippen LogP contribution in [0, 0.1) is 0 Å². The molecule has 2 aliphatic rings. The molecule has 0 atom stereocenters. The number of nitrogens with zero attached hydrogens (tertiary/aromatic N) is 1. The summed E-state index contributed by atoms with van der Waals surface area (Å²) in [5, 5.41) is 4.86. The zero-order valence-electron chi connectivity index (χ0n) is 18.3. The fourth-order valence-corrected chi connectivity index (χ4v) is 6.05. The molecule has 0 radical (unpaired) electrons.